The highest BCUT2D eigenvalue weighted by Crippen LogP contribution is 2.21. The molecule has 0 atom stereocenters. The number of hydrogen-bond donors (Lipinski definition) is 2. The number of amides is 1. The van der Waals surface area contributed by atoms with E-state index in [2.05, 4.69) is 44.4 Å². The lowest BCUT2D eigenvalue weighted by Crippen LogP contribution is -2.35. The van der Waals surface area contributed by atoms with Crippen molar-refractivity contribution in [2.75, 3.05) is 13.7 Å². The fraction of sp³-hybridized carbons (Fsp3) is 0.562. The van der Waals surface area contributed by atoms with Gasteiger partial charge in [0.25, 0.3) is 0 Å². The maximum atomic E-state index is 11.2. The molecule has 0 fully saturated rings. The maximum Gasteiger partial charge on any atom is 0.223 e. The van der Waals surface area contributed by atoms with Crippen molar-refractivity contribution in [1.29, 1.82) is 0 Å². The van der Waals surface area contributed by atoms with Gasteiger partial charge in [0.2, 0.25) is 5.91 Å². The SMILES string of the molecule is CNC(=O)CCOc1ccc(C)cc1CNC(C)(C)C. The fourth-order valence-electron chi connectivity index (χ4n) is 1.73. The molecule has 2 N–H and O–H groups in total. The second-order valence-corrected chi connectivity index (χ2v) is 5.99. The molecule has 112 valence electrons. The molecule has 0 unspecified atom stereocenters. The summed E-state index contributed by atoms with van der Waals surface area (Å²) in [5, 5.41) is 6.05. The van der Waals surface area contributed by atoms with E-state index in [0.717, 1.165) is 17.9 Å². The standard InChI is InChI=1S/C16H26N2O2/c1-12-6-7-14(20-9-8-15(19)17-5)13(10-12)11-18-16(2,3)4/h6-7,10,18H,8-9,11H2,1-5H3,(H,17,19). The van der Waals surface area contributed by atoms with Crippen LogP contribution >= 0.6 is 0 Å². The summed E-state index contributed by atoms with van der Waals surface area (Å²) in [4.78, 5) is 11.2. The quantitative estimate of drug-likeness (QED) is 0.840. The molecule has 0 spiro atoms. The molecule has 1 aromatic carbocycles. The lowest BCUT2D eigenvalue weighted by Gasteiger charge is -2.22. The minimum atomic E-state index is -0.00789. The molecule has 0 aliphatic heterocycles. The van der Waals surface area contributed by atoms with Gasteiger partial charge in [-0.05, 0) is 33.8 Å². The molecule has 4 nitrogen and oxygen atoms in total. The molecule has 0 aromatic heterocycles. The van der Waals surface area contributed by atoms with E-state index in [0.29, 0.717) is 13.0 Å². The minimum absolute atomic E-state index is 0.00789. The summed E-state index contributed by atoms with van der Waals surface area (Å²) in [6, 6.07) is 6.11. The summed E-state index contributed by atoms with van der Waals surface area (Å²) >= 11 is 0. The highest BCUT2D eigenvalue weighted by atomic mass is 16.5. The monoisotopic (exact) mass is 278 g/mol. The Kier molecular flexibility index (Phi) is 6.02. The molecule has 0 radical (unpaired) electrons. The van der Waals surface area contributed by atoms with Crippen molar-refractivity contribution in [2.45, 2.75) is 46.2 Å². The lowest BCUT2D eigenvalue weighted by molar-refractivity contribution is -0.121. The number of nitrogens with one attached hydrogen (secondary N) is 2. The van der Waals surface area contributed by atoms with Gasteiger partial charge >= 0.3 is 0 Å². The Hall–Kier alpha value is -1.55. The molecular formula is C16H26N2O2. The minimum Gasteiger partial charge on any atom is -0.493 e. The number of hydrogen-bond acceptors (Lipinski definition) is 3. The van der Waals surface area contributed by atoms with E-state index in [4.69, 9.17) is 4.74 Å². The zero-order chi connectivity index (χ0) is 15.2. The van der Waals surface area contributed by atoms with Crippen molar-refractivity contribution in [3.63, 3.8) is 0 Å². The first-order valence-electron chi connectivity index (χ1n) is 7.00. The molecule has 0 bridgehead atoms. The van der Waals surface area contributed by atoms with Gasteiger partial charge in [0.05, 0.1) is 13.0 Å². The molecule has 20 heavy (non-hydrogen) atoms. The largest absolute Gasteiger partial charge is 0.493 e. The number of aryl methyl sites for hydroxylation is 1. The van der Waals surface area contributed by atoms with Gasteiger partial charge < -0.3 is 15.4 Å². The Morgan fingerprint density at radius 1 is 1.30 bits per heavy atom. The third-order valence-corrected chi connectivity index (χ3v) is 2.89. The molecule has 1 aromatic rings. The second kappa shape index (κ2) is 7.29. The van der Waals surface area contributed by atoms with Crippen LogP contribution < -0.4 is 15.4 Å². The van der Waals surface area contributed by atoms with Gasteiger partial charge in [0.15, 0.2) is 0 Å². The Balaban J connectivity index is 2.67. The highest BCUT2D eigenvalue weighted by molar-refractivity contribution is 5.75. The third kappa shape index (κ3) is 6.06. The van der Waals surface area contributed by atoms with Crippen LogP contribution in [0.5, 0.6) is 5.75 Å². The van der Waals surface area contributed by atoms with Crippen LogP contribution in [0.25, 0.3) is 0 Å². The smallest absolute Gasteiger partial charge is 0.223 e. The average molecular weight is 278 g/mol. The number of carbonyl (C=O) groups excluding carboxylic acids is 1. The average Bonchev–Trinajstić information content (AvgIpc) is 2.37. The Labute approximate surface area is 121 Å². The van der Waals surface area contributed by atoms with Gasteiger partial charge in [0, 0.05) is 24.7 Å². The van der Waals surface area contributed by atoms with E-state index >= 15 is 0 Å². The molecule has 0 saturated heterocycles. The van der Waals surface area contributed by atoms with Crippen molar-refractivity contribution in [1.82, 2.24) is 10.6 Å². The first kappa shape index (κ1) is 16.5. The van der Waals surface area contributed by atoms with Gasteiger partial charge in [-0.3, -0.25) is 4.79 Å². The van der Waals surface area contributed by atoms with Crippen LogP contribution in [0.3, 0.4) is 0 Å². The van der Waals surface area contributed by atoms with Crippen LogP contribution in [0.4, 0.5) is 0 Å². The third-order valence-electron chi connectivity index (χ3n) is 2.89. The molecule has 1 rings (SSSR count). The van der Waals surface area contributed by atoms with Crippen LogP contribution in [0.15, 0.2) is 18.2 Å². The first-order valence-corrected chi connectivity index (χ1v) is 7.00. The second-order valence-electron chi connectivity index (χ2n) is 5.99. The predicted octanol–water partition coefficient (Wildman–Crippen LogP) is 2.40. The molecule has 4 heteroatoms. The van der Waals surface area contributed by atoms with Gasteiger partial charge in [0.1, 0.15) is 5.75 Å². The van der Waals surface area contributed by atoms with Crippen molar-refractivity contribution in [2.24, 2.45) is 0 Å². The maximum absolute atomic E-state index is 11.2. The molecule has 0 heterocycles. The van der Waals surface area contributed by atoms with Crippen LogP contribution in [0, 0.1) is 6.92 Å². The zero-order valence-electron chi connectivity index (χ0n) is 13.2. The Bertz CT molecular complexity index is 450. The Morgan fingerprint density at radius 2 is 2.00 bits per heavy atom. The van der Waals surface area contributed by atoms with Gasteiger partial charge in [-0.15, -0.1) is 0 Å². The van der Waals surface area contributed by atoms with Crippen LogP contribution in [0.2, 0.25) is 0 Å². The summed E-state index contributed by atoms with van der Waals surface area (Å²) in [5.74, 6) is 0.836. The van der Waals surface area contributed by atoms with Crippen LogP contribution in [-0.4, -0.2) is 25.1 Å². The van der Waals surface area contributed by atoms with E-state index in [9.17, 15) is 4.79 Å². The van der Waals surface area contributed by atoms with Gasteiger partial charge in [-0.25, -0.2) is 0 Å². The van der Waals surface area contributed by atoms with Crippen molar-refractivity contribution >= 4 is 5.91 Å². The summed E-state index contributed by atoms with van der Waals surface area (Å²) in [6.45, 7) is 9.61. The topological polar surface area (TPSA) is 50.4 Å². The number of ether oxygens (including phenoxy) is 1. The summed E-state index contributed by atoms with van der Waals surface area (Å²) in [7, 11) is 1.63. The molecule has 0 aliphatic carbocycles. The van der Waals surface area contributed by atoms with Crippen LogP contribution in [0.1, 0.15) is 38.3 Å². The summed E-state index contributed by atoms with van der Waals surface area (Å²) in [5.41, 5.74) is 2.38. The van der Waals surface area contributed by atoms with Crippen LogP contribution in [-0.2, 0) is 11.3 Å². The van der Waals surface area contributed by atoms with Gasteiger partial charge in [-0.1, -0.05) is 17.7 Å². The van der Waals surface area contributed by atoms with E-state index in [1.54, 1.807) is 7.05 Å². The number of rotatable bonds is 6. The molecule has 1 amide bonds. The zero-order valence-corrected chi connectivity index (χ0v) is 13.2. The van der Waals surface area contributed by atoms with Crippen molar-refractivity contribution in [3.8, 4) is 5.75 Å². The highest BCUT2D eigenvalue weighted by Gasteiger charge is 2.11. The molecule has 0 aliphatic rings. The van der Waals surface area contributed by atoms with E-state index < -0.39 is 0 Å². The summed E-state index contributed by atoms with van der Waals surface area (Å²) < 4.78 is 5.73. The lowest BCUT2D eigenvalue weighted by atomic mass is 10.1. The number of carbonyl (C=O) groups is 1. The molecular weight excluding hydrogens is 252 g/mol. The molecule has 0 saturated carbocycles. The van der Waals surface area contributed by atoms with Gasteiger partial charge in [-0.2, -0.15) is 0 Å². The van der Waals surface area contributed by atoms with E-state index in [1.807, 2.05) is 12.1 Å². The first-order chi connectivity index (χ1) is 9.31. The van der Waals surface area contributed by atoms with Crippen molar-refractivity contribution < 1.29 is 9.53 Å². The number of benzene rings is 1. The normalized spacial score (nSPS) is 11.2. The van der Waals surface area contributed by atoms with Crippen molar-refractivity contribution in [3.05, 3.63) is 29.3 Å². The Morgan fingerprint density at radius 3 is 2.60 bits per heavy atom. The fourth-order valence-corrected chi connectivity index (χ4v) is 1.73. The predicted molar refractivity (Wildman–Crippen MR) is 82.0 cm³/mol. The van der Waals surface area contributed by atoms with E-state index in [-0.39, 0.29) is 11.4 Å². The summed E-state index contributed by atoms with van der Waals surface area (Å²) in [6.07, 6.45) is 0.372. The van der Waals surface area contributed by atoms with E-state index in [1.165, 1.54) is 5.56 Å².